The molecule has 10 heteroatoms. The number of ether oxygens (including phenoxy) is 1. The summed E-state index contributed by atoms with van der Waals surface area (Å²) in [6.45, 7) is 4.05. The Balaban J connectivity index is 1.34. The summed E-state index contributed by atoms with van der Waals surface area (Å²) in [5.74, 6) is 1.79. The van der Waals surface area contributed by atoms with E-state index in [0.29, 0.717) is 49.4 Å². The van der Waals surface area contributed by atoms with Crippen LogP contribution in [-0.2, 0) is 9.59 Å². The van der Waals surface area contributed by atoms with Gasteiger partial charge in [-0.3, -0.25) is 14.5 Å². The first kappa shape index (κ1) is 25.9. The Labute approximate surface area is 216 Å². The van der Waals surface area contributed by atoms with E-state index in [4.69, 9.17) is 4.74 Å². The lowest BCUT2D eigenvalue weighted by molar-refractivity contribution is -0.119. The number of amides is 2. The Morgan fingerprint density at radius 1 is 1.00 bits per heavy atom. The number of rotatable bonds is 10. The fraction of sp³-hybridized carbons (Fsp3) is 0.333. The smallest absolute Gasteiger partial charge is 0.239 e. The van der Waals surface area contributed by atoms with E-state index in [1.807, 2.05) is 36.4 Å². The maximum atomic E-state index is 12.8. The van der Waals surface area contributed by atoms with Crippen LogP contribution in [-0.4, -0.2) is 70.6 Å². The van der Waals surface area contributed by atoms with Crippen molar-refractivity contribution in [3.63, 3.8) is 0 Å². The summed E-state index contributed by atoms with van der Waals surface area (Å²) in [6, 6.07) is 18.2. The Hall–Kier alpha value is -4.18. The molecule has 1 aliphatic heterocycles. The van der Waals surface area contributed by atoms with Crippen LogP contribution in [0.3, 0.4) is 0 Å². The van der Waals surface area contributed by atoms with Crippen LogP contribution in [0.2, 0.25) is 0 Å². The number of carbonyl (C=O) groups excluding carboxylic acids is 2. The van der Waals surface area contributed by atoms with Crippen LogP contribution in [0.15, 0.2) is 60.7 Å². The molecule has 3 aromatic rings. The SMILES string of the molecule is CC(=O)NCCNc1cc(NC(=O)CN2CCC(Oc3ccccc3O)CC2)nc(-c2ccccc2)n1. The molecular formula is C27H32N6O4. The van der Waals surface area contributed by atoms with Gasteiger partial charge in [-0.1, -0.05) is 42.5 Å². The van der Waals surface area contributed by atoms with E-state index < -0.39 is 0 Å². The van der Waals surface area contributed by atoms with Gasteiger partial charge < -0.3 is 25.8 Å². The second kappa shape index (κ2) is 12.7. The normalized spacial score (nSPS) is 14.1. The summed E-state index contributed by atoms with van der Waals surface area (Å²) < 4.78 is 5.93. The number of phenolic OH excluding ortho intramolecular Hbond substituents is 1. The molecule has 1 aliphatic rings. The van der Waals surface area contributed by atoms with Gasteiger partial charge in [0.1, 0.15) is 17.7 Å². The zero-order valence-corrected chi connectivity index (χ0v) is 20.8. The fourth-order valence-corrected chi connectivity index (χ4v) is 4.05. The number of hydrogen-bond donors (Lipinski definition) is 4. The van der Waals surface area contributed by atoms with Crippen molar-refractivity contribution >= 4 is 23.5 Å². The minimum atomic E-state index is -0.165. The van der Waals surface area contributed by atoms with Gasteiger partial charge in [0.15, 0.2) is 17.3 Å². The molecule has 10 nitrogen and oxygen atoms in total. The fourth-order valence-electron chi connectivity index (χ4n) is 4.05. The first-order chi connectivity index (χ1) is 18.0. The van der Waals surface area contributed by atoms with Crippen LogP contribution in [0.5, 0.6) is 11.5 Å². The molecular weight excluding hydrogens is 472 g/mol. The van der Waals surface area contributed by atoms with E-state index in [-0.39, 0.29) is 30.2 Å². The summed E-state index contributed by atoms with van der Waals surface area (Å²) in [7, 11) is 0. The first-order valence-electron chi connectivity index (χ1n) is 12.4. The summed E-state index contributed by atoms with van der Waals surface area (Å²) in [5, 5.41) is 18.7. The number of piperidine rings is 1. The van der Waals surface area contributed by atoms with Gasteiger partial charge in [0.2, 0.25) is 11.8 Å². The molecule has 37 heavy (non-hydrogen) atoms. The quantitative estimate of drug-likeness (QED) is 0.310. The van der Waals surface area contributed by atoms with Gasteiger partial charge in [0.25, 0.3) is 0 Å². The Morgan fingerprint density at radius 3 is 2.43 bits per heavy atom. The van der Waals surface area contributed by atoms with Crippen molar-refractivity contribution in [3.05, 3.63) is 60.7 Å². The molecule has 2 aromatic carbocycles. The number of para-hydroxylation sites is 2. The van der Waals surface area contributed by atoms with Crippen molar-refractivity contribution in [2.75, 3.05) is 43.4 Å². The lowest BCUT2D eigenvalue weighted by atomic mass is 10.1. The highest BCUT2D eigenvalue weighted by Crippen LogP contribution is 2.28. The van der Waals surface area contributed by atoms with E-state index >= 15 is 0 Å². The minimum Gasteiger partial charge on any atom is -0.504 e. The Morgan fingerprint density at radius 2 is 1.70 bits per heavy atom. The second-order valence-electron chi connectivity index (χ2n) is 8.85. The average molecular weight is 505 g/mol. The van der Waals surface area contributed by atoms with E-state index in [1.54, 1.807) is 24.3 Å². The van der Waals surface area contributed by atoms with Crippen molar-refractivity contribution in [2.24, 2.45) is 0 Å². The monoisotopic (exact) mass is 504 g/mol. The van der Waals surface area contributed by atoms with Gasteiger partial charge >= 0.3 is 0 Å². The lowest BCUT2D eigenvalue weighted by Gasteiger charge is -2.31. The van der Waals surface area contributed by atoms with Crippen molar-refractivity contribution in [2.45, 2.75) is 25.9 Å². The highest BCUT2D eigenvalue weighted by Gasteiger charge is 2.23. The summed E-state index contributed by atoms with van der Waals surface area (Å²) in [5.41, 5.74) is 0.829. The molecule has 4 rings (SSSR count). The van der Waals surface area contributed by atoms with E-state index in [9.17, 15) is 14.7 Å². The van der Waals surface area contributed by atoms with Crippen LogP contribution >= 0.6 is 0 Å². The zero-order valence-electron chi connectivity index (χ0n) is 20.8. The molecule has 0 atom stereocenters. The third kappa shape index (κ3) is 7.91. The molecule has 0 unspecified atom stereocenters. The van der Waals surface area contributed by atoms with Gasteiger partial charge in [0, 0.05) is 44.7 Å². The molecule has 1 saturated heterocycles. The van der Waals surface area contributed by atoms with Gasteiger partial charge in [-0.25, -0.2) is 9.97 Å². The molecule has 1 fully saturated rings. The average Bonchev–Trinajstić information content (AvgIpc) is 2.89. The van der Waals surface area contributed by atoms with E-state index in [0.717, 1.165) is 18.4 Å². The van der Waals surface area contributed by atoms with Crippen molar-refractivity contribution in [1.82, 2.24) is 20.2 Å². The predicted molar refractivity (Wildman–Crippen MR) is 141 cm³/mol. The molecule has 194 valence electrons. The first-order valence-corrected chi connectivity index (χ1v) is 12.4. The van der Waals surface area contributed by atoms with Crippen molar-refractivity contribution in [3.8, 4) is 22.9 Å². The number of hydrogen-bond acceptors (Lipinski definition) is 8. The number of aromatic nitrogens is 2. The number of aromatic hydroxyl groups is 1. The number of nitrogens with zero attached hydrogens (tertiary/aromatic N) is 3. The Kier molecular flexibility index (Phi) is 8.88. The maximum absolute atomic E-state index is 12.8. The largest absolute Gasteiger partial charge is 0.504 e. The molecule has 2 amide bonds. The standard InChI is InChI=1S/C27H32N6O4/c1-19(34)28-13-14-29-24-17-25(32-27(31-24)20-7-3-2-4-8-20)30-26(36)18-33-15-11-21(12-16-33)37-23-10-6-5-9-22(23)35/h2-10,17,21,35H,11-16,18H2,1H3,(H,28,34)(H2,29,30,31,32,36). The number of likely N-dealkylation sites (tertiary alicyclic amines) is 1. The van der Waals surface area contributed by atoms with Crippen LogP contribution < -0.4 is 20.7 Å². The molecule has 4 N–H and O–H groups in total. The lowest BCUT2D eigenvalue weighted by Crippen LogP contribution is -2.42. The van der Waals surface area contributed by atoms with E-state index in [2.05, 4.69) is 30.8 Å². The predicted octanol–water partition coefficient (Wildman–Crippen LogP) is 2.88. The van der Waals surface area contributed by atoms with Crippen molar-refractivity contribution < 1.29 is 19.4 Å². The maximum Gasteiger partial charge on any atom is 0.239 e. The number of phenols is 1. The highest BCUT2D eigenvalue weighted by molar-refractivity contribution is 5.92. The number of anilines is 2. The summed E-state index contributed by atoms with van der Waals surface area (Å²) in [4.78, 5) is 35.1. The summed E-state index contributed by atoms with van der Waals surface area (Å²) >= 11 is 0. The topological polar surface area (TPSA) is 129 Å². The molecule has 1 aromatic heterocycles. The molecule has 2 heterocycles. The van der Waals surface area contributed by atoms with Crippen molar-refractivity contribution in [1.29, 1.82) is 0 Å². The molecule has 0 bridgehead atoms. The number of nitrogens with one attached hydrogen (secondary N) is 3. The van der Waals surface area contributed by atoms with Gasteiger partial charge in [-0.2, -0.15) is 0 Å². The van der Waals surface area contributed by atoms with Gasteiger partial charge in [-0.15, -0.1) is 0 Å². The van der Waals surface area contributed by atoms with Crippen LogP contribution in [0, 0.1) is 0 Å². The molecule has 0 radical (unpaired) electrons. The second-order valence-corrected chi connectivity index (χ2v) is 8.85. The number of carbonyl (C=O) groups is 2. The third-order valence-electron chi connectivity index (χ3n) is 5.89. The van der Waals surface area contributed by atoms with Gasteiger partial charge in [0.05, 0.1) is 6.54 Å². The number of benzene rings is 2. The highest BCUT2D eigenvalue weighted by atomic mass is 16.5. The summed E-state index contributed by atoms with van der Waals surface area (Å²) in [6.07, 6.45) is 1.51. The van der Waals surface area contributed by atoms with Crippen LogP contribution in [0.4, 0.5) is 11.6 Å². The molecule has 0 saturated carbocycles. The Bertz CT molecular complexity index is 1200. The van der Waals surface area contributed by atoms with Crippen LogP contribution in [0.1, 0.15) is 19.8 Å². The van der Waals surface area contributed by atoms with Crippen LogP contribution in [0.25, 0.3) is 11.4 Å². The van der Waals surface area contributed by atoms with Gasteiger partial charge in [-0.05, 0) is 25.0 Å². The molecule has 0 spiro atoms. The molecule has 0 aliphatic carbocycles. The zero-order chi connectivity index (χ0) is 26.0. The third-order valence-corrected chi connectivity index (χ3v) is 5.89. The van der Waals surface area contributed by atoms with E-state index in [1.165, 1.54) is 6.92 Å². The minimum absolute atomic E-state index is 0.00553.